The van der Waals surface area contributed by atoms with Gasteiger partial charge in [-0.1, -0.05) is 13.5 Å². The second-order valence-corrected chi connectivity index (χ2v) is 9.26. The molecular formula is C24H24FNO4S. The second-order valence-electron chi connectivity index (χ2n) is 7.36. The lowest BCUT2D eigenvalue weighted by atomic mass is 10.0. The molecule has 0 unspecified atom stereocenters. The summed E-state index contributed by atoms with van der Waals surface area (Å²) >= 11 is 0. The number of hydrogen-bond acceptors (Lipinski definition) is 4. The van der Waals surface area contributed by atoms with Gasteiger partial charge in [0.15, 0.2) is 9.84 Å². The van der Waals surface area contributed by atoms with Gasteiger partial charge in [-0.3, -0.25) is 4.79 Å². The van der Waals surface area contributed by atoms with Crippen LogP contribution in [0.25, 0.3) is 11.1 Å². The van der Waals surface area contributed by atoms with Crippen molar-refractivity contribution in [3.05, 3.63) is 87.4 Å². The number of hydrogen-bond donors (Lipinski definition) is 0. The van der Waals surface area contributed by atoms with E-state index in [9.17, 15) is 17.6 Å². The van der Waals surface area contributed by atoms with Crippen LogP contribution in [0.1, 0.15) is 23.6 Å². The van der Waals surface area contributed by atoms with Gasteiger partial charge in [0.25, 0.3) is 5.56 Å². The largest absolute Gasteiger partial charge is 0.456 e. The summed E-state index contributed by atoms with van der Waals surface area (Å²) in [5.41, 5.74) is 2.83. The summed E-state index contributed by atoms with van der Waals surface area (Å²) in [7, 11) is -2.04. The lowest BCUT2D eigenvalue weighted by Gasteiger charge is -2.17. The van der Waals surface area contributed by atoms with E-state index in [0.717, 1.165) is 5.41 Å². The molecule has 3 aromatic rings. The smallest absolute Gasteiger partial charge is 0.253 e. The maximum atomic E-state index is 13.7. The summed E-state index contributed by atoms with van der Waals surface area (Å²) in [6, 6.07) is 8.98. The first-order valence-corrected chi connectivity index (χ1v) is 11.3. The lowest BCUT2D eigenvalue weighted by molar-refractivity contribution is 0.473. The third-order valence-corrected chi connectivity index (χ3v) is 6.44. The minimum Gasteiger partial charge on any atom is -0.456 e. The average Bonchev–Trinajstić information content (AvgIpc) is 2.72. The van der Waals surface area contributed by atoms with Gasteiger partial charge < -0.3 is 9.30 Å². The summed E-state index contributed by atoms with van der Waals surface area (Å²) < 4.78 is 46.1. The van der Waals surface area contributed by atoms with Crippen LogP contribution in [0.2, 0.25) is 0 Å². The highest BCUT2D eigenvalue weighted by Gasteiger charge is 2.18. The minimum atomic E-state index is -3.68. The molecule has 31 heavy (non-hydrogen) atoms. The first-order chi connectivity index (χ1) is 14.6. The molecule has 1 aromatic heterocycles. The zero-order chi connectivity index (χ0) is 22.9. The SMILES string of the molecule is C=CS(=O)(=O)c1ccc(Oc2c(C)cc(F)cc2C)c(-c2cc(CC)c(=O)n(C)c2)c1. The maximum Gasteiger partial charge on any atom is 0.253 e. The number of pyridine rings is 1. The van der Waals surface area contributed by atoms with Crippen LogP contribution in [0, 0.1) is 19.7 Å². The van der Waals surface area contributed by atoms with Crippen molar-refractivity contribution < 1.29 is 17.5 Å². The monoisotopic (exact) mass is 441 g/mol. The molecule has 7 heteroatoms. The number of aromatic nitrogens is 1. The van der Waals surface area contributed by atoms with E-state index in [2.05, 4.69) is 6.58 Å². The van der Waals surface area contributed by atoms with Gasteiger partial charge in [0.05, 0.1) is 4.90 Å². The van der Waals surface area contributed by atoms with Crippen LogP contribution in [-0.4, -0.2) is 13.0 Å². The van der Waals surface area contributed by atoms with Gasteiger partial charge in [0.2, 0.25) is 0 Å². The van der Waals surface area contributed by atoms with E-state index in [-0.39, 0.29) is 16.3 Å². The molecule has 0 spiro atoms. The van der Waals surface area contributed by atoms with Crippen LogP contribution in [-0.2, 0) is 23.3 Å². The molecule has 5 nitrogen and oxygen atoms in total. The summed E-state index contributed by atoms with van der Waals surface area (Å²) in [6.07, 6.45) is 2.16. The normalized spacial score (nSPS) is 11.4. The van der Waals surface area contributed by atoms with Gasteiger partial charge in [-0.2, -0.15) is 0 Å². The Hall–Kier alpha value is -3.19. The van der Waals surface area contributed by atoms with E-state index in [0.29, 0.717) is 45.7 Å². The molecule has 0 saturated heterocycles. The van der Waals surface area contributed by atoms with E-state index >= 15 is 0 Å². The van der Waals surface area contributed by atoms with Crippen LogP contribution in [0.4, 0.5) is 4.39 Å². The van der Waals surface area contributed by atoms with Gasteiger partial charge in [0.1, 0.15) is 17.3 Å². The molecule has 0 N–H and O–H groups in total. The van der Waals surface area contributed by atoms with Crippen molar-refractivity contribution in [1.29, 1.82) is 0 Å². The number of ether oxygens (including phenoxy) is 1. The minimum absolute atomic E-state index is 0.0595. The van der Waals surface area contributed by atoms with Gasteiger partial charge >= 0.3 is 0 Å². The fourth-order valence-electron chi connectivity index (χ4n) is 3.45. The van der Waals surface area contributed by atoms with Crippen molar-refractivity contribution in [3.8, 4) is 22.6 Å². The number of nitrogens with zero attached hydrogens (tertiary/aromatic N) is 1. The second kappa shape index (κ2) is 8.51. The highest BCUT2D eigenvalue weighted by atomic mass is 32.2. The molecule has 0 saturated carbocycles. The number of halogens is 1. The Bertz CT molecular complexity index is 1320. The molecule has 162 valence electrons. The first-order valence-electron chi connectivity index (χ1n) is 9.73. The fraction of sp³-hybridized carbons (Fsp3) is 0.208. The molecule has 0 amide bonds. The van der Waals surface area contributed by atoms with Gasteiger partial charge in [-0.25, -0.2) is 12.8 Å². The van der Waals surface area contributed by atoms with Crippen molar-refractivity contribution in [1.82, 2.24) is 4.57 Å². The number of sulfone groups is 1. The number of rotatable bonds is 6. The predicted octanol–water partition coefficient (Wildman–Crippen LogP) is 5.08. The standard InChI is InChI=1S/C24H24FNO4S/c1-6-17-12-18(14-26(5)24(17)27)21-13-20(31(28,29)7-2)8-9-22(21)30-23-15(3)10-19(25)11-16(23)4/h7-14H,2,6H2,1,3-5H3. The fourth-order valence-corrected chi connectivity index (χ4v) is 4.18. The Kier molecular flexibility index (Phi) is 6.18. The number of benzene rings is 2. The molecule has 2 aromatic carbocycles. The first kappa shape index (κ1) is 22.5. The molecule has 0 fully saturated rings. The predicted molar refractivity (Wildman–Crippen MR) is 120 cm³/mol. The van der Waals surface area contributed by atoms with Gasteiger partial charge in [0, 0.05) is 35.3 Å². The van der Waals surface area contributed by atoms with Crippen molar-refractivity contribution >= 4 is 9.84 Å². The Morgan fingerprint density at radius 3 is 2.35 bits per heavy atom. The average molecular weight is 442 g/mol. The zero-order valence-corrected chi connectivity index (χ0v) is 18.7. The summed E-state index contributed by atoms with van der Waals surface area (Å²) in [6.45, 7) is 8.74. The Morgan fingerprint density at radius 1 is 1.13 bits per heavy atom. The third-order valence-electron chi connectivity index (χ3n) is 5.09. The van der Waals surface area contributed by atoms with Crippen molar-refractivity contribution in [2.75, 3.05) is 0 Å². The summed E-state index contributed by atoms with van der Waals surface area (Å²) in [4.78, 5) is 12.4. The van der Waals surface area contributed by atoms with Crippen LogP contribution >= 0.6 is 0 Å². The van der Waals surface area contributed by atoms with E-state index in [1.807, 2.05) is 6.92 Å². The molecule has 1 heterocycles. The molecular weight excluding hydrogens is 417 g/mol. The molecule has 0 atom stereocenters. The van der Waals surface area contributed by atoms with Crippen molar-refractivity contribution in [3.63, 3.8) is 0 Å². The Labute approximate surface area is 181 Å². The van der Waals surface area contributed by atoms with Crippen LogP contribution in [0.5, 0.6) is 11.5 Å². The van der Waals surface area contributed by atoms with Crippen molar-refractivity contribution in [2.45, 2.75) is 32.1 Å². The van der Waals surface area contributed by atoms with E-state index in [4.69, 9.17) is 4.74 Å². The van der Waals surface area contributed by atoms with Gasteiger partial charge in [-0.05, 0) is 67.8 Å². The molecule has 3 rings (SSSR count). The molecule has 0 radical (unpaired) electrons. The quantitative estimate of drug-likeness (QED) is 0.535. The van der Waals surface area contributed by atoms with E-state index < -0.39 is 9.84 Å². The topological polar surface area (TPSA) is 65.4 Å². The zero-order valence-electron chi connectivity index (χ0n) is 17.9. The van der Waals surface area contributed by atoms with Crippen LogP contribution < -0.4 is 10.3 Å². The highest BCUT2D eigenvalue weighted by molar-refractivity contribution is 7.94. The number of aryl methyl sites for hydroxylation is 4. The Morgan fingerprint density at radius 2 is 1.77 bits per heavy atom. The van der Waals surface area contributed by atoms with E-state index in [1.54, 1.807) is 39.2 Å². The molecule has 0 aliphatic rings. The van der Waals surface area contributed by atoms with Crippen LogP contribution in [0.3, 0.4) is 0 Å². The van der Waals surface area contributed by atoms with E-state index in [1.165, 1.54) is 28.8 Å². The lowest BCUT2D eigenvalue weighted by Crippen LogP contribution is -2.20. The highest BCUT2D eigenvalue weighted by Crippen LogP contribution is 2.38. The van der Waals surface area contributed by atoms with Gasteiger partial charge in [-0.15, -0.1) is 0 Å². The van der Waals surface area contributed by atoms with Crippen molar-refractivity contribution in [2.24, 2.45) is 7.05 Å². The molecule has 0 aliphatic heterocycles. The van der Waals surface area contributed by atoms with Crippen LogP contribution in [0.15, 0.2) is 64.3 Å². The Balaban J connectivity index is 2.27. The molecule has 0 aliphatic carbocycles. The third kappa shape index (κ3) is 4.46. The summed E-state index contributed by atoms with van der Waals surface area (Å²) in [5, 5.41) is 0.888. The maximum absolute atomic E-state index is 13.7. The summed E-state index contributed by atoms with van der Waals surface area (Å²) in [5.74, 6) is 0.518. The molecule has 0 bridgehead atoms.